The maximum atomic E-state index is 10.6. The number of ether oxygens (including phenoxy) is 1. The summed E-state index contributed by atoms with van der Waals surface area (Å²) in [5, 5.41) is 10.6. The van der Waals surface area contributed by atoms with Gasteiger partial charge in [0.2, 0.25) is 0 Å². The molecule has 1 aromatic rings. The highest BCUT2D eigenvalue weighted by atomic mass is 16.5. The van der Waals surface area contributed by atoms with E-state index in [0.29, 0.717) is 5.92 Å². The number of hydrogen-bond acceptors (Lipinski definition) is 2. The summed E-state index contributed by atoms with van der Waals surface area (Å²) >= 11 is 0. The fourth-order valence-corrected chi connectivity index (χ4v) is 2.80. The van der Waals surface area contributed by atoms with Crippen LogP contribution in [0.15, 0.2) is 30.3 Å². The summed E-state index contributed by atoms with van der Waals surface area (Å²) in [4.78, 5) is 0. The topological polar surface area (TPSA) is 29.5 Å². The second-order valence-corrected chi connectivity index (χ2v) is 5.67. The van der Waals surface area contributed by atoms with Gasteiger partial charge in [0, 0.05) is 0 Å². The van der Waals surface area contributed by atoms with E-state index in [-0.39, 0.29) is 0 Å². The van der Waals surface area contributed by atoms with Crippen molar-refractivity contribution in [2.45, 2.75) is 44.6 Å². The number of methoxy groups -OCH3 is 1. The zero-order chi connectivity index (χ0) is 13.7. The number of benzene rings is 1. The number of aliphatic hydroxyl groups is 1. The van der Waals surface area contributed by atoms with Gasteiger partial charge in [0.05, 0.1) is 12.7 Å². The van der Waals surface area contributed by atoms with Gasteiger partial charge in [0.25, 0.3) is 0 Å². The zero-order valence-electron chi connectivity index (χ0n) is 11.9. The smallest absolute Gasteiger partial charge is 0.118 e. The van der Waals surface area contributed by atoms with Gasteiger partial charge in [0.15, 0.2) is 0 Å². The maximum Gasteiger partial charge on any atom is 0.118 e. The first-order valence-corrected chi connectivity index (χ1v) is 7.17. The van der Waals surface area contributed by atoms with E-state index in [0.717, 1.165) is 24.2 Å². The Morgan fingerprint density at radius 3 is 2.37 bits per heavy atom. The van der Waals surface area contributed by atoms with Crippen molar-refractivity contribution in [3.05, 3.63) is 35.9 Å². The van der Waals surface area contributed by atoms with Crippen LogP contribution in [0.25, 0.3) is 6.08 Å². The van der Waals surface area contributed by atoms with Gasteiger partial charge in [-0.15, -0.1) is 0 Å². The molecule has 0 spiro atoms. The molecule has 2 rings (SSSR count). The molecule has 1 aliphatic carbocycles. The zero-order valence-corrected chi connectivity index (χ0v) is 11.9. The van der Waals surface area contributed by atoms with Gasteiger partial charge in [-0.1, -0.05) is 43.5 Å². The van der Waals surface area contributed by atoms with Gasteiger partial charge in [-0.2, -0.15) is 0 Å². The van der Waals surface area contributed by atoms with Gasteiger partial charge in [-0.3, -0.25) is 0 Å². The van der Waals surface area contributed by atoms with E-state index >= 15 is 0 Å². The third kappa shape index (κ3) is 3.84. The first kappa shape index (κ1) is 14.1. The Bertz CT molecular complexity index is 411. The predicted octanol–water partition coefficient (Wildman–Crippen LogP) is 4.04. The van der Waals surface area contributed by atoms with Crippen LogP contribution in [0.3, 0.4) is 0 Å². The molecule has 1 fully saturated rings. The van der Waals surface area contributed by atoms with E-state index < -0.39 is 5.60 Å². The first-order valence-electron chi connectivity index (χ1n) is 7.17. The van der Waals surface area contributed by atoms with Crippen molar-refractivity contribution in [2.24, 2.45) is 5.92 Å². The Morgan fingerprint density at radius 1 is 1.16 bits per heavy atom. The summed E-state index contributed by atoms with van der Waals surface area (Å²) in [6.07, 6.45) is 10.0. The highest BCUT2D eigenvalue weighted by Gasteiger charge is 2.30. The minimum atomic E-state index is -0.694. The first-order chi connectivity index (χ1) is 9.12. The molecule has 104 valence electrons. The van der Waals surface area contributed by atoms with Crippen molar-refractivity contribution in [1.82, 2.24) is 0 Å². The third-order valence-electron chi connectivity index (χ3n) is 4.16. The summed E-state index contributed by atoms with van der Waals surface area (Å²) in [5.41, 5.74) is 0.400. The fraction of sp³-hybridized carbons (Fsp3) is 0.529. The van der Waals surface area contributed by atoms with E-state index in [1.54, 1.807) is 7.11 Å². The van der Waals surface area contributed by atoms with Gasteiger partial charge >= 0.3 is 0 Å². The molecule has 2 heteroatoms. The van der Waals surface area contributed by atoms with Crippen LogP contribution < -0.4 is 4.74 Å². The van der Waals surface area contributed by atoms with Crippen molar-refractivity contribution in [3.8, 4) is 5.75 Å². The lowest BCUT2D eigenvalue weighted by Gasteiger charge is -2.33. The van der Waals surface area contributed by atoms with Crippen LogP contribution in [0.4, 0.5) is 0 Å². The van der Waals surface area contributed by atoms with Gasteiger partial charge in [-0.25, -0.2) is 0 Å². The Kier molecular flexibility index (Phi) is 4.65. The summed E-state index contributed by atoms with van der Waals surface area (Å²) in [5.74, 6) is 1.26. The van der Waals surface area contributed by atoms with E-state index in [2.05, 4.69) is 0 Å². The average Bonchev–Trinajstić information content (AvgIpc) is 2.47. The molecule has 1 atom stereocenters. The third-order valence-corrected chi connectivity index (χ3v) is 4.16. The molecule has 1 unspecified atom stereocenters. The van der Waals surface area contributed by atoms with Crippen LogP contribution in [0.2, 0.25) is 0 Å². The SMILES string of the molecule is COc1ccc(/C=C/C(C)(O)C2CCCCC2)cc1. The molecule has 0 saturated heterocycles. The monoisotopic (exact) mass is 260 g/mol. The Morgan fingerprint density at radius 2 is 1.79 bits per heavy atom. The normalized spacial score (nSPS) is 20.4. The molecule has 1 aliphatic rings. The van der Waals surface area contributed by atoms with Gasteiger partial charge < -0.3 is 9.84 Å². The molecule has 19 heavy (non-hydrogen) atoms. The van der Waals surface area contributed by atoms with Crippen molar-refractivity contribution in [3.63, 3.8) is 0 Å². The summed E-state index contributed by atoms with van der Waals surface area (Å²) in [7, 11) is 1.67. The molecule has 0 radical (unpaired) electrons. The molecular weight excluding hydrogens is 236 g/mol. The minimum absolute atomic E-state index is 0.399. The quantitative estimate of drug-likeness (QED) is 0.885. The lowest BCUT2D eigenvalue weighted by Crippen LogP contribution is -2.33. The van der Waals surface area contributed by atoms with Crippen LogP contribution in [-0.2, 0) is 0 Å². The van der Waals surface area contributed by atoms with Crippen LogP contribution >= 0.6 is 0 Å². The fourth-order valence-electron chi connectivity index (χ4n) is 2.80. The Hall–Kier alpha value is -1.28. The molecule has 1 saturated carbocycles. The Labute approximate surface area is 116 Å². The number of hydrogen-bond donors (Lipinski definition) is 1. The van der Waals surface area contributed by atoms with E-state index in [4.69, 9.17) is 4.74 Å². The van der Waals surface area contributed by atoms with Gasteiger partial charge in [0.1, 0.15) is 5.75 Å². The molecule has 0 bridgehead atoms. The molecule has 1 N–H and O–H groups in total. The van der Waals surface area contributed by atoms with Crippen molar-refractivity contribution in [2.75, 3.05) is 7.11 Å². The number of rotatable bonds is 4. The van der Waals surface area contributed by atoms with Crippen LogP contribution in [0, 0.1) is 5.92 Å². The van der Waals surface area contributed by atoms with Gasteiger partial charge in [-0.05, 0) is 43.4 Å². The van der Waals surface area contributed by atoms with Crippen LogP contribution in [0.5, 0.6) is 5.75 Å². The van der Waals surface area contributed by atoms with Crippen molar-refractivity contribution >= 4 is 6.08 Å². The molecule has 0 aromatic heterocycles. The van der Waals surface area contributed by atoms with Crippen molar-refractivity contribution < 1.29 is 9.84 Å². The average molecular weight is 260 g/mol. The summed E-state index contributed by atoms with van der Waals surface area (Å²) in [6, 6.07) is 7.89. The highest BCUT2D eigenvalue weighted by molar-refractivity contribution is 5.51. The standard InChI is InChI=1S/C17H24O2/c1-17(18,15-6-4-3-5-7-15)13-12-14-8-10-16(19-2)11-9-14/h8-13,15,18H,3-7H2,1-2H3/b13-12+. The van der Waals surface area contributed by atoms with Crippen molar-refractivity contribution in [1.29, 1.82) is 0 Å². The molecule has 2 nitrogen and oxygen atoms in total. The molecule has 1 aromatic carbocycles. The minimum Gasteiger partial charge on any atom is -0.497 e. The molecular formula is C17H24O2. The molecule has 0 heterocycles. The lowest BCUT2D eigenvalue weighted by atomic mass is 9.77. The molecule has 0 aliphatic heterocycles. The summed E-state index contributed by atoms with van der Waals surface area (Å²) < 4.78 is 5.14. The lowest BCUT2D eigenvalue weighted by molar-refractivity contribution is 0.0285. The van der Waals surface area contributed by atoms with E-state index in [9.17, 15) is 5.11 Å². The van der Waals surface area contributed by atoms with Crippen LogP contribution in [0.1, 0.15) is 44.6 Å². The predicted molar refractivity (Wildman–Crippen MR) is 79.2 cm³/mol. The molecule has 0 amide bonds. The highest BCUT2D eigenvalue weighted by Crippen LogP contribution is 2.33. The maximum absolute atomic E-state index is 10.6. The second-order valence-electron chi connectivity index (χ2n) is 5.67. The van der Waals surface area contributed by atoms with E-state index in [1.807, 2.05) is 43.3 Å². The summed E-state index contributed by atoms with van der Waals surface area (Å²) in [6.45, 7) is 1.93. The van der Waals surface area contributed by atoms with E-state index in [1.165, 1.54) is 19.3 Å². The second kappa shape index (κ2) is 6.25. The Balaban J connectivity index is 2.02. The van der Waals surface area contributed by atoms with Crippen LogP contribution in [-0.4, -0.2) is 17.8 Å². The largest absolute Gasteiger partial charge is 0.497 e.